The van der Waals surface area contributed by atoms with Gasteiger partial charge in [-0.05, 0) is 43.7 Å². The van der Waals surface area contributed by atoms with Gasteiger partial charge in [0.1, 0.15) is 5.52 Å². The SMILES string of the molecule is O=C(Nc1ccc2nc(C3CC3)oc2c1)N1C[C@@H]2CCC[C@@]2(C(=O)O)C1. The number of hydrogen-bond donors (Lipinski definition) is 2. The molecule has 3 aliphatic rings. The third kappa shape index (κ3) is 2.37. The number of urea groups is 1. The Morgan fingerprint density at radius 3 is 2.88 bits per heavy atom. The zero-order valence-electron chi connectivity index (χ0n) is 14.4. The maximum atomic E-state index is 12.6. The number of rotatable bonds is 3. The monoisotopic (exact) mass is 355 g/mol. The number of nitrogens with one attached hydrogen (secondary N) is 1. The number of fused-ring (bicyclic) bond motifs is 2. The normalized spacial score (nSPS) is 27.7. The van der Waals surface area contributed by atoms with Crippen molar-refractivity contribution < 1.29 is 19.1 Å². The highest BCUT2D eigenvalue weighted by atomic mass is 16.4. The molecule has 2 amide bonds. The molecule has 2 atom stereocenters. The second-order valence-electron chi connectivity index (χ2n) is 7.87. The van der Waals surface area contributed by atoms with Crippen LogP contribution in [-0.4, -0.2) is 40.1 Å². The van der Waals surface area contributed by atoms with Crippen molar-refractivity contribution in [1.29, 1.82) is 0 Å². The van der Waals surface area contributed by atoms with Gasteiger partial charge in [-0.3, -0.25) is 4.79 Å². The van der Waals surface area contributed by atoms with E-state index in [4.69, 9.17) is 4.42 Å². The van der Waals surface area contributed by atoms with Crippen molar-refractivity contribution in [2.24, 2.45) is 11.3 Å². The predicted molar refractivity (Wildman–Crippen MR) is 94.0 cm³/mol. The summed E-state index contributed by atoms with van der Waals surface area (Å²) in [6.45, 7) is 0.795. The molecular weight excluding hydrogens is 334 g/mol. The fraction of sp³-hybridized carbons (Fsp3) is 0.526. The maximum Gasteiger partial charge on any atom is 0.321 e. The van der Waals surface area contributed by atoms with E-state index in [9.17, 15) is 14.7 Å². The Kier molecular flexibility index (Phi) is 3.29. The topological polar surface area (TPSA) is 95.7 Å². The summed E-state index contributed by atoms with van der Waals surface area (Å²) in [5.41, 5.74) is 1.35. The fourth-order valence-corrected chi connectivity index (χ4v) is 4.52. The lowest BCUT2D eigenvalue weighted by Gasteiger charge is -2.23. The number of oxazole rings is 1. The minimum absolute atomic E-state index is 0.0589. The molecule has 1 saturated heterocycles. The highest BCUT2D eigenvalue weighted by Gasteiger charge is 2.55. The summed E-state index contributed by atoms with van der Waals surface area (Å²) in [6.07, 6.45) is 4.71. The highest BCUT2D eigenvalue weighted by molar-refractivity contribution is 5.92. The summed E-state index contributed by atoms with van der Waals surface area (Å²) in [7, 11) is 0. The van der Waals surface area contributed by atoms with Crippen LogP contribution >= 0.6 is 0 Å². The van der Waals surface area contributed by atoms with Crippen LogP contribution in [0.4, 0.5) is 10.5 Å². The first kappa shape index (κ1) is 15.7. The van der Waals surface area contributed by atoms with Crippen LogP contribution in [-0.2, 0) is 4.79 Å². The number of carbonyl (C=O) groups excluding carboxylic acids is 1. The number of carboxylic acids is 1. The van der Waals surface area contributed by atoms with Crippen LogP contribution in [0, 0.1) is 11.3 Å². The third-order valence-corrected chi connectivity index (χ3v) is 6.17. The summed E-state index contributed by atoms with van der Waals surface area (Å²) >= 11 is 0. The first-order chi connectivity index (χ1) is 12.5. The zero-order valence-corrected chi connectivity index (χ0v) is 14.4. The predicted octanol–water partition coefficient (Wildman–Crippen LogP) is 3.42. The number of likely N-dealkylation sites (tertiary alicyclic amines) is 1. The molecule has 7 nitrogen and oxygen atoms in total. The highest BCUT2D eigenvalue weighted by Crippen LogP contribution is 2.49. The van der Waals surface area contributed by atoms with Crippen LogP contribution in [0.25, 0.3) is 11.1 Å². The summed E-state index contributed by atoms with van der Waals surface area (Å²) in [5.74, 6) is 0.505. The molecule has 1 aliphatic heterocycles. The smallest absolute Gasteiger partial charge is 0.321 e. The molecule has 3 fully saturated rings. The summed E-state index contributed by atoms with van der Waals surface area (Å²) in [6, 6.07) is 5.19. The number of hydrogen-bond acceptors (Lipinski definition) is 4. The van der Waals surface area contributed by atoms with Crippen LogP contribution in [0.3, 0.4) is 0 Å². The Bertz CT molecular complexity index is 903. The number of amides is 2. The van der Waals surface area contributed by atoms with Gasteiger partial charge in [0.2, 0.25) is 0 Å². The Balaban J connectivity index is 1.32. The van der Waals surface area contributed by atoms with E-state index in [1.165, 1.54) is 0 Å². The second kappa shape index (κ2) is 5.46. The molecule has 2 N–H and O–H groups in total. The molecule has 1 aromatic heterocycles. The van der Waals surface area contributed by atoms with E-state index in [1.54, 1.807) is 11.0 Å². The maximum absolute atomic E-state index is 12.6. The molecule has 2 aromatic rings. The Hall–Kier alpha value is -2.57. The van der Waals surface area contributed by atoms with Crippen molar-refractivity contribution in [1.82, 2.24) is 9.88 Å². The molecule has 0 radical (unpaired) electrons. The van der Waals surface area contributed by atoms with Crippen molar-refractivity contribution in [3.8, 4) is 0 Å². The zero-order chi connectivity index (χ0) is 17.9. The van der Waals surface area contributed by atoms with E-state index in [2.05, 4.69) is 10.3 Å². The molecule has 1 aromatic carbocycles. The van der Waals surface area contributed by atoms with Crippen molar-refractivity contribution >= 4 is 28.8 Å². The van der Waals surface area contributed by atoms with Crippen LogP contribution in [0.5, 0.6) is 0 Å². The van der Waals surface area contributed by atoms with Gasteiger partial charge in [0, 0.05) is 30.8 Å². The molecule has 0 bridgehead atoms. The molecule has 136 valence electrons. The standard InChI is InChI=1S/C19H21N3O4/c23-17(24)19-7-1-2-12(19)9-22(10-19)18(25)20-13-5-6-14-15(8-13)26-16(21-14)11-3-4-11/h5-6,8,11-12H,1-4,7,9-10H2,(H,20,25)(H,23,24)/t12-,19+/m0/s1. The van der Waals surface area contributed by atoms with Crippen LogP contribution in [0.1, 0.15) is 43.9 Å². The number of anilines is 1. The van der Waals surface area contributed by atoms with Crippen LogP contribution in [0.2, 0.25) is 0 Å². The third-order valence-electron chi connectivity index (χ3n) is 6.17. The van der Waals surface area contributed by atoms with Crippen molar-refractivity contribution in [2.45, 2.75) is 38.0 Å². The molecule has 5 rings (SSSR count). The average molecular weight is 355 g/mol. The number of nitrogens with zero attached hydrogens (tertiary/aromatic N) is 2. The minimum atomic E-state index is -0.772. The number of benzene rings is 1. The number of carbonyl (C=O) groups is 2. The Labute approximate surface area is 150 Å². The summed E-state index contributed by atoms with van der Waals surface area (Å²) < 4.78 is 5.79. The number of aliphatic carboxylic acids is 1. The van der Waals surface area contributed by atoms with E-state index in [0.717, 1.165) is 37.1 Å². The minimum Gasteiger partial charge on any atom is -0.481 e. The molecule has 0 unspecified atom stereocenters. The second-order valence-corrected chi connectivity index (χ2v) is 7.87. The first-order valence-electron chi connectivity index (χ1n) is 9.25. The Morgan fingerprint density at radius 2 is 2.15 bits per heavy atom. The van der Waals surface area contributed by atoms with Gasteiger partial charge in [0.25, 0.3) is 0 Å². The van der Waals surface area contributed by atoms with Gasteiger partial charge in [-0.25, -0.2) is 9.78 Å². The van der Waals surface area contributed by atoms with Gasteiger partial charge >= 0.3 is 12.0 Å². The molecule has 0 spiro atoms. The van der Waals surface area contributed by atoms with Crippen LogP contribution in [0.15, 0.2) is 22.6 Å². The van der Waals surface area contributed by atoms with Gasteiger partial charge in [-0.1, -0.05) is 6.42 Å². The number of carboxylic acid groups (broad SMARTS) is 1. The average Bonchev–Trinajstić information content (AvgIpc) is 3.08. The van der Waals surface area contributed by atoms with E-state index in [1.807, 2.05) is 12.1 Å². The lowest BCUT2D eigenvalue weighted by Crippen LogP contribution is -2.38. The molecule has 7 heteroatoms. The fourth-order valence-electron chi connectivity index (χ4n) is 4.52. The summed E-state index contributed by atoms with van der Waals surface area (Å²) in [5, 5.41) is 12.5. The van der Waals surface area contributed by atoms with Gasteiger partial charge in [0.15, 0.2) is 11.5 Å². The largest absolute Gasteiger partial charge is 0.481 e. The molecular formula is C19H21N3O4. The summed E-state index contributed by atoms with van der Waals surface area (Å²) in [4.78, 5) is 30.5. The van der Waals surface area contributed by atoms with Gasteiger partial charge in [0.05, 0.1) is 5.41 Å². The van der Waals surface area contributed by atoms with Crippen molar-refractivity contribution in [3.05, 3.63) is 24.1 Å². The van der Waals surface area contributed by atoms with E-state index >= 15 is 0 Å². The van der Waals surface area contributed by atoms with Gasteiger partial charge < -0.3 is 19.7 Å². The van der Waals surface area contributed by atoms with Crippen LogP contribution < -0.4 is 5.32 Å². The first-order valence-corrected chi connectivity index (χ1v) is 9.25. The lowest BCUT2D eigenvalue weighted by atomic mass is 9.81. The molecule has 2 saturated carbocycles. The van der Waals surface area contributed by atoms with Crippen molar-refractivity contribution in [3.63, 3.8) is 0 Å². The van der Waals surface area contributed by atoms with Gasteiger partial charge in [-0.2, -0.15) is 0 Å². The Morgan fingerprint density at radius 1 is 1.31 bits per heavy atom. The number of aromatic nitrogens is 1. The quantitative estimate of drug-likeness (QED) is 0.879. The van der Waals surface area contributed by atoms with Gasteiger partial charge in [-0.15, -0.1) is 0 Å². The molecule has 2 heterocycles. The lowest BCUT2D eigenvalue weighted by molar-refractivity contribution is -0.149. The van der Waals surface area contributed by atoms with Crippen molar-refractivity contribution in [2.75, 3.05) is 18.4 Å². The van der Waals surface area contributed by atoms with E-state index < -0.39 is 11.4 Å². The molecule has 2 aliphatic carbocycles. The van der Waals surface area contributed by atoms with E-state index in [-0.39, 0.29) is 18.5 Å². The van der Waals surface area contributed by atoms with E-state index in [0.29, 0.717) is 30.2 Å². The molecule has 26 heavy (non-hydrogen) atoms.